The molecule has 1 saturated heterocycles. The van der Waals surface area contributed by atoms with E-state index < -0.39 is 73.6 Å². The molecular formula is C43H53N5O9S. The van der Waals surface area contributed by atoms with E-state index in [1.807, 2.05) is 63.2 Å². The maximum atomic E-state index is 14.8. The van der Waals surface area contributed by atoms with Gasteiger partial charge in [0.2, 0.25) is 21.8 Å². The fourth-order valence-electron chi connectivity index (χ4n) is 7.95. The van der Waals surface area contributed by atoms with Gasteiger partial charge in [0.1, 0.15) is 41.3 Å². The van der Waals surface area contributed by atoms with Crippen molar-refractivity contribution < 1.29 is 41.8 Å². The van der Waals surface area contributed by atoms with E-state index in [2.05, 4.69) is 21.9 Å². The first-order valence-corrected chi connectivity index (χ1v) is 21.4. The van der Waals surface area contributed by atoms with Crippen molar-refractivity contribution in [2.75, 3.05) is 13.7 Å². The molecule has 1 aliphatic heterocycles. The van der Waals surface area contributed by atoms with E-state index in [9.17, 15) is 27.6 Å². The summed E-state index contributed by atoms with van der Waals surface area (Å²) in [5.74, 6) is -1.51. The predicted molar refractivity (Wildman–Crippen MR) is 217 cm³/mol. The van der Waals surface area contributed by atoms with Crippen LogP contribution in [0.25, 0.3) is 22.2 Å². The summed E-state index contributed by atoms with van der Waals surface area (Å²) in [6, 6.07) is 14.6. The molecule has 3 aliphatic carbocycles. The van der Waals surface area contributed by atoms with E-state index in [1.165, 1.54) is 11.0 Å². The maximum absolute atomic E-state index is 14.8. The van der Waals surface area contributed by atoms with Crippen molar-refractivity contribution >= 4 is 44.7 Å². The number of benzene rings is 2. The van der Waals surface area contributed by atoms with Crippen LogP contribution in [0.5, 0.6) is 11.5 Å². The Bertz CT molecular complexity index is 2220. The number of pyridine rings is 1. The van der Waals surface area contributed by atoms with Gasteiger partial charge in [0, 0.05) is 35.4 Å². The number of sulfonamides is 1. The summed E-state index contributed by atoms with van der Waals surface area (Å²) >= 11 is 0. The molecule has 15 heteroatoms. The quantitative estimate of drug-likeness (QED) is 0.189. The minimum atomic E-state index is -4.01. The summed E-state index contributed by atoms with van der Waals surface area (Å²) in [6.45, 7) is 10.8. The monoisotopic (exact) mass is 815 g/mol. The fourth-order valence-corrected chi connectivity index (χ4v) is 9.27. The Kier molecular flexibility index (Phi) is 11.0. The molecular weight excluding hydrogens is 763 g/mol. The second-order valence-electron chi connectivity index (χ2n) is 17.4. The van der Waals surface area contributed by atoms with Crippen molar-refractivity contribution in [3.05, 3.63) is 67.3 Å². The zero-order chi connectivity index (χ0) is 41.6. The largest absolute Gasteiger partial charge is 0.497 e. The molecule has 310 valence electrons. The third kappa shape index (κ3) is 8.23. The number of amides is 4. The molecule has 0 spiro atoms. The number of nitrogens with one attached hydrogen (secondary N) is 3. The highest BCUT2D eigenvalue weighted by molar-refractivity contribution is 7.91. The van der Waals surface area contributed by atoms with Gasteiger partial charge in [-0.3, -0.25) is 19.1 Å². The van der Waals surface area contributed by atoms with E-state index in [1.54, 1.807) is 26.2 Å². The molecule has 3 saturated carbocycles. The van der Waals surface area contributed by atoms with Crippen LogP contribution in [0.4, 0.5) is 4.79 Å². The molecule has 0 radical (unpaired) electrons. The minimum absolute atomic E-state index is 0.0222. The fraction of sp³-hybridized carbons (Fsp3) is 0.512. The molecule has 0 unspecified atom stereocenters. The molecule has 7 rings (SSSR count). The molecule has 14 nitrogen and oxygen atoms in total. The molecule has 0 bridgehead atoms. The second kappa shape index (κ2) is 15.5. The van der Waals surface area contributed by atoms with Crippen LogP contribution in [0.2, 0.25) is 0 Å². The zero-order valence-electron chi connectivity index (χ0n) is 33.7. The number of aromatic nitrogens is 1. The Balaban J connectivity index is 1.21. The Morgan fingerprint density at radius 3 is 2.34 bits per heavy atom. The molecule has 5 atom stereocenters. The number of hydrogen-bond donors (Lipinski definition) is 3. The average molecular weight is 816 g/mol. The van der Waals surface area contributed by atoms with Gasteiger partial charge in [0.25, 0.3) is 5.91 Å². The number of carbonyl (C=O) groups excluding carboxylic acids is 4. The Morgan fingerprint density at radius 1 is 1.02 bits per heavy atom. The standard InChI is InChI=1S/C43H53N5O9S/c1-7-27-24-43(27,39(51)47-58(53,54)42(5)19-20-42)46-37(49)34-22-30(25-48(34)38(50)36(41(2,3)4)45-40(52)57-28-15-11-12-16-28)56-35-23-32(26-13-9-8-10-14-26)44-33-21-29(55-6)17-18-31(33)35/h7-10,13-14,17-18,21,23,27-28,30,34,36H,1,11-12,15-16,19-20,22,24-25H2,2-6H3,(H,45,52)(H,46,49)(H,47,51)/t27-,30+,34-,36+,43-/m0/s1. The number of rotatable bonds is 13. The third-order valence-electron chi connectivity index (χ3n) is 12.0. The summed E-state index contributed by atoms with van der Waals surface area (Å²) < 4.78 is 45.3. The lowest BCUT2D eigenvalue weighted by molar-refractivity contribution is -0.143. The summed E-state index contributed by atoms with van der Waals surface area (Å²) in [5, 5.41) is 6.32. The number of fused-ring (bicyclic) bond motifs is 1. The van der Waals surface area contributed by atoms with Gasteiger partial charge < -0.3 is 29.7 Å². The lowest BCUT2D eigenvalue weighted by Gasteiger charge is -2.35. The van der Waals surface area contributed by atoms with Crippen molar-refractivity contribution in [3.63, 3.8) is 0 Å². The van der Waals surface area contributed by atoms with Crippen LogP contribution in [0.15, 0.2) is 67.3 Å². The highest BCUT2D eigenvalue weighted by Gasteiger charge is 2.63. The van der Waals surface area contributed by atoms with Crippen LogP contribution in [0.1, 0.15) is 79.1 Å². The first-order chi connectivity index (χ1) is 27.5. The van der Waals surface area contributed by atoms with Gasteiger partial charge in [0.05, 0.1) is 29.6 Å². The Morgan fingerprint density at radius 2 is 1.72 bits per heavy atom. The number of hydrogen-bond acceptors (Lipinski definition) is 10. The van der Waals surface area contributed by atoms with E-state index >= 15 is 0 Å². The minimum Gasteiger partial charge on any atom is -0.497 e. The van der Waals surface area contributed by atoms with Gasteiger partial charge in [-0.2, -0.15) is 0 Å². The summed E-state index contributed by atoms with van der Waals surface area (Å²) in [4.78, 5) is 62.5. The first kappa shape index (κ1) is 41.0. The van der Waals surface area contributed by atoms with Crippen LogP contribution in [0.3, 0.4) is 0 Å². The molecule has 3 aromatic rings. The number of alkyl carbamates (subject to hydrolysis) is 1. The molecule has 4 fully saturated rings. The first-order valence-electron chi connectivity index (χ1n) is 20.0. The maximum Gasteiger partial charge on any atom is 0.408 e. The topological polar surface area (TPSA) is 182 Å². The van der Waals surface area contributed by atoms with Gasteiger partial charge in [-0.05, 0) is 69.4 Å². The zero-order valence-corrected chi connectivity index (χ0v) is 34.5. The lowest BCUT2D eigenvalue weighted by Crippen LogP contribution is -2.60. The van der Waals surface area contributed by atoms with Crippen molar-refractivity contribution in [2.45, 2.75) is 114 Å². The van der Waals surface area contributed by atoms with Crippen LogP contribution in [-0.2, 0) is 29.1 Å². The van der Waals surface area contributed by atoms with E-state index in [0.29, 0.717) is 40.9 Å². The van der Waals surface area contributed by atoms with Gasteiger partial charge in [-0.25, -0.2) is 18.2 Å². The molecule has 2 heterocycles. The molecule has 4 aliphatic rings. The number of nitrogens with zero attached hydrogens (tertiary/aromatic N) is 2. The van der Waals surface area contributed by atoms with Gasteiger partial charge in [-0.15, -0.1) is 6.58 Å². The highest BCUT2D eigenvalue weighted by atomic mass is 32.2. The Hall–Kier alpha value is -5.18. The molecule has 3 N–H and O–H groups in total. The van der Waals surface area contributed by atoms with Crippen molar-refractivity contribution in [3.8, 4) is 22.8 Å². The van der Waals surface area contributed by atoms with Gasteiger partial charge in [0.15, 0.2) is 0 Å². The highest BCUT2D eigenvalue weighted by Crippen LogP contribution is 2.47. The van der Waals surface area contributed by atoms with Gasteiger partial charge >= 0.3 is 6.09 Å². The third-order valence-corrected chi connectivity index (χ3v) is 14.2. The van der Waals surface area contributed by atoms with Gasteiger partial charge in [-0.1, -0.05) is 57.2 Å². The predicted octanol–water partition coefficient (Wildman–Crippen LogP) is 5.40. The van der Waals surface area contributed by atoms with Crippen molar-refractivity contribution in [1.29, 1.82) is 0 Å². The summed E-state index contributed by atoms with van der Waals surface area (Å²) in [5.41, 5.74) is -0.288. The van der Waals surface area contributed by atoms with Crippen LogP contribution in [0, 0.1) is 11.3 Å². The smallest absolute Gasteiger partial charge is 0.408 e. The summed E-state index contributed by atoms with van der Waals surface area (Å²) in [7, 11) is -2.44. The van der Waals surface area contributed by atoms with E-state index in [4.69, 9.17) is 19.2 Å². The molecule has 58 heavy (non-hydrogen) atoms. The number of likely N-dealkylation sites (tertiary alicyclic amines) is 1. The molecule has 4 amide bonds. The van der Waals surface area contributed by atoms with Crippen molar-refractivity contribution in [1.82, 2.24) is 25.2 Å². The van der Waals surface area contributed by atoms with Crippen LogP contribution >= 0.6 is 0 Å². The Labute approximate surface area is 339 Å². The van der Waals surface area contributed by atoms with Crippen LogP contribution < -0.4 is 24.8 Å². The molecule has 1 aromatic heterocycles. The van der Waals surface area contributed by atoms with Crippen molar-refractivity contribution in [2.24, 2.45) is 11.3 Å². The lowest BCUT2D eigenvalue weighted by atomic mass is 9.85. The number of carbonyl (C=O) groups is 4. The van der Waals surface area contributed by atoms with E-state index in [0.717, 1.165) is 31.2 Å². The normalized spacial score (nSPS) is 24.4. The SMILES string of the molecule is C=C[C@H]1C[C@@]1(NC(=O)[C@@H]1C[C@@H](Oc2cc(-c3ccccc3)nc3cc(OC)ccc23)CN1C(=O)[C@@H](NC(=O)OC1CCCC1)C(C)(C)C)C(=O)NS(=O)(=O)C1(C)CC1. The second-order valence-corrected chi connectivity index (χ2v) is 19.6. The average Bonchev–Trinajstić information content (AvgIpc) is 3.97. The number of methoxy groups -OCH3 is 1. The molecule has 2 aromatic carbocycles. The summed E-state index contributed by atoms with van der Waals surface area (Å²) in [6.07, 6.45) is 4.24. The number of ether oxygens (including phenoxy) is 3. The van der Waals surface area contributed by atoms with Crippen LogP contribution in [-0.4, -0.2) is 90.3 Å². The van der Waals surface area contributed by atoms with E-state index in [-0.39, 0.29) is 25.5 Å².